The molecule has 5 aromatic rings. The molecule has 0 unspecified atom stereocenters. The molecule has 2 aromatic heterocycles. The number of nitrogens with zero attached hydrogens (tertiary/aromatic N) is 3. The molecule has 1 aliphatic heterocycles. The van der Waals surface area contributed by atoms with E-state index in [1.807, 2.05) is 36.4 Å². The molecule has 0 amide bonds. The number of hydrogen-bond acceptors (Lipinski definition) is 9. The lowest BCUT2D eigenvalue weighted by Crippen LogP contribution is -2.40. The molecule has 0 saturated carbocycles. The molecule has 0 bridgehead atoms. The number of aromatic nitrogens is 1. The Kier molecular flexibility index (Phi) is 8.20. The number of carbonyl (C=O) groups is 1. The molecule has 0 aliphatic carbocycles. The molecule has 0 spiro atoms. The highest BCUT2D eigenvalue weighted by atomic mass is 35.5. The van der Waals surface area contributed by atoms with Gasteiger partial charge in [-0.25, -0.2) is 9.79 Å². The second-order valence-electron chi connectivity index (χ2n) is 9.83. The number of rotatable bonds is 8. The summed E-state index contributed by atoms with van der Waals surface area (Å²) in [6.07, 6.45) is 1.55. The minimum atomic E-state index is -0.878. The van der Waals surface area contributed by atoms with Crippen LogP contribution in [-0.4, -0.2) is 29.2 Å². The minimum absolute atomic E-state index is 0.131. The minimum Gasteiger partial charge on any atom is -0.497 e. The summed E-state index contributed by atoms with van der Waals surface area (Å²) in [5, 5.41) is 11.9. The Morgan fingerprint density at radius 2 is 1.91 bits per heavy atom. The van der Waals surface area contributed by atoms with Crippen molar-refractivity contribution in [3.8, 4) is 17.1 Å². The van der Waals surface area contributed by atoms with Crippen molar-refractivity contribution in [2.75, 3.05) is 13.7 Å². The van der Waals surface area contributed by atoms with Gasteiger partial charge in [-0.2, -0.15) is 0 Å². The van der Waals surface area contributed by atoms with Crippen molar-refractivity contribution in [1.82, 2.24) is 4.57 Å². The topological polar surface area (TPSA) is 126 Å². The molecule has 10 nitrogen and oxygen atoms in total. The second kappa shape index (κ2) is 12.4. The lowest BCUT2D eigenvalue weighted by Gasteiger charge is -2.26. The van der Waals surface area contributed by atoms with E-state index in [-0.39, 0.29) is 38.7 Å². The van der Waals surface area contributed by atoms with Crippen LogP contribution in [0.25, 0.3) is 23.1 Å². The summed E-state index contributed by atoms with van der Waals surface area (Å²) < 4.78 is 18.7. The van der Waals surface area contributed by atoms with Crippen LogP contribution in [-0.2, 0) is 9.53 Å². The SMILES string of the molecule is CCOC(=O)C1=C(c2ccccc2)N=c2s/c(=C\c3ccc(-c4ccc(Cl)cc4[N+](=O)[O-])o3)c(=O)n2[C@@H]1c1cccc(OC)c1. The quantitative estimate of drug-likeness (QED) is 0.120. The Hall–Kier alpha value is -5.26. The average molecular weight is 642 g/mol. The third-order valence-electron chi connectivity index (χ3n) is 7.11. The van der Waals surface area contributed by atoms with Crippen LogP contribution < -0.4 is 19.6 Å². The maximum atomic E-state index is 14.1. The zero-order valence-electron chi connectivity index (χ0n) is 23.9. The molecule has 1 aliphatic rings. The first-order chi connectivity index (χ1) is 21.8. The normalized spacial score (nSPS) is 14.6. The Balaban J connectivity index is 1.56. The summed E-state index contributed by atoms with van der Waals surface area (Å²) in [5.41, 5.74) is 1.55. The van der Waals surface area contributed by atoms with Gasteiger partial charge in [0.1, 0.15) is 17.3 Å². The van der Waals surface area contributed by atoms with Gasteiger partial charge >= 0.3 is 5.97 Å². The molecule has 3 aromatic carbocycles. The highest BCUT2D eigenvalue weighted by Gasteiger charge is 2.35. The summed E-state index contributed by atoms with van der Waals surface area (Å²) in [5.74, 6) is 0.492. The van der Waals surface area contributed by atoms with Gasteiger partial charge in [0, 0.05) is 22.7 Å². The van der Waals surface area contributed by atoms with E-state index in [1.54, 1.807) is 50.4 Å². The van der Waals surface area contributed by atoms with Crippen molar-refractivity contribution in [1.29, 1.82) is 0 Å². The zero-order valence-corrected chi connectivity index (χ0v) is 25.5. The number of hydrogen-bond donors (Lipinski definition) is 0. The maximum absolute atomic E-state index is 14.1. The first-order valence-electron chi connectivity index (χ1n) is 13.8. The molecule has 0 saturated heterocycles. The highest BCUT2D eigenvalue weighted by Crippen LogP contribution is 2.36. The second-order valence-corrected chi connectivity index (χ2v) is 11.3. The van der Waals surface area contributed by atoms with Gasteiger partial charge in [0.15, 0.2) is 4.80 Å². The van der Waals surface area contributed by atoms with Gasteiger partial charge in [-0.1, -0.05) is 65.4 Å². The number of nitro benzene ring substituents is 1. The number of nitro groups is 1. The van der Waals surface area contributed by atoms with E-state index in [1.165, 1.54) is 22.8 Å². The number of ether oxygens (including phenoxy) is 2. The fraction of sp³-hybridized carbons (Fsp3) is 0.121. The molecule has 3 heterocycles. The standard InChI is InChI=1S/C33H24ClN3O7S/c1-3-43-32(39)28-29(19-8-5-4-6-9-19)35-33-36(30(28)20-10-7-11-22(16-20)42-2)31(38)27(45-33)18-23-13-15-26(44-23)24-14-12-21(34)17-25(24)37(40)41/h4-18,30H,3H2,1-2H3/b27-18-/t30-/m1/s1. The Morgan fingerprint density at radius 1 is 1.11 bits per heavy atom. The smallest absolute Gasteiger partial charge is 0.338 e. The van der Waals surface area contributed by atoms with E-state index in [9.17, 15) is 19.7 Å². The van der Waals surface area contributed by atoms with Crippen molar-refractivity contribution in [3.05, 3.63) is 142 Å². The molecule has 0 fully saturated rings. The molecule has 12 heteroatoms. The number of methoxy groups -OCH3 is 1. The number of carbonyl (C=O) groups excluding carboxylic acids is 1. The monoisotopic (exact) mass is 641 g/mol. The Labute approximate surface area is 264 Å². The molecule has 226 valence electrons. The van der Waals surface area contributed by atoms with E-state index in [0.29, 0.717) is 33.1 Å². The largest absolute Gasteiger partial charge is 0.497 e. The third kappa shape index (κ3) is 5.70. The lowest BCUT2D eigenvalue weighted by molar-refractivity contribution is -0.384. The van der Waals surface area contributed by atoms with E-state index >= 15 is 0 Å². The molecule has 45 heavy (non-hydrogen) atoms. The van der Waals surface area contributed by atoms with Crippen molar-refractivity contribution >= 4 is 46.4 Å². The fourth-order valence-corrected chi connectivity index (χ4v) is 6.28. The summed E-state index contributed by atoms with van der Waals surface area (Å²) in [6, 6.07) is 23.0. The van der Waals surface area contributed by atoms with E-state index < -0.39 is 22.5 Å². The molecule has 1 atom stereocenters. The zero-order chi connectivity index (χ0) is 31.7. The van der Waals surface area contributed by atoms with Crippen LogP contribution in [0.3, 0.4) is 0 Å². The van der Waals surface area contributed by atoms with Crippen molar-refractivity contribution in [3.63, 3.8) is 0 Å². The Bertz CT molecular complexity index is 2170. The van der Waals surface area contributed by atoms with Crippen LogP contribution in [0.4, 0.5) is 5.69 Å². The van der Waals surface area contributed by atoms with Gasteiger partial charge in [0.2, 0.25) is 0 Å². The predicted octanol–water partition coefficient (Wildman–Crippen LogP) is 5.77. The van der Waals surface area contributed by atoms with Gasteiger partial charge in [-0.3, -0.25) is 19.5 Å². The molecule has 6 rings (SSSR count). The summed E-state index contributed by atoms with van der Waals surface area (Å²) in [4.78, 5) is 44.0. The third-order valence-corrected chi connectivity index (χ3v) is 8.32. The number of furan rings is 1. The summed E-state index contributed by atoms with van der Waals surface area (Å²) in [7, 11) is 1.54. The number of benzene rings is 3. The van der Waals surface area contributed by atoms with Gasteiger partial charge < -0.3 is 13.9 Å². The molecule has 0 radical (unpaired) electrons. The van der Waals surface area contributed by atoms with Crippen LogP contribution in [0.1, 0.15) is 29.9 Å². The Morgan fingerprint density at radius 3 is 2.64 bits per heavy atom. The van der Waals surface area contributed by atoms with Gasteiger partial charge in [0.05, 0.1) is 46.0 Å². The van der Waals surface area contributed by atoms with Crippen LogP contribution >= 0.6 is 22.9 Å². The van der Waals surface area contributed by atoms with E-state index in [0.717, 1.165) is 11.3 Å². The molecule has 0 N–H and O–H groups in total. The predicted molar refractivity (Wildman–Crippen MR) is 170 cm³/mol. The highest BCUT2D eigenvalue weighted by molar-refractivity contribution is 7.07. The van der Waals surface area contributed by atoms with Crippen LogP contribution in [0, 0.1) is 10.1 Å². The number of halogens is 1. The summed E-state index contributed by atoms with van der Waals surface area (Å²) >= 11 is 7.10. The van der Waals surface area contributed by atoms with E-state index in [2.05, 4.69) is 0 Å². The number of fused-ring (bicyclic) bond motifs is 1. The number of thiazole rings is 1. The maximum Gasteiger partial charge on any atom is 0.338 e. The van der Waals surface area contributed by atoms with Crippen LogP contribution in [0.5, 0.6) is 5.75 Å². The number of esters is 1. The van der Waals surface area contributed by atoms with Crippen molar-refractivity contribution < 1.29 is 23.6 Å². The van der Waals surface area contributed by atoms with Crippen molar-refractivity contribution in [2.45, 2.75) is 13.0 Å². The van der Waals surface area contributed by atoms with Gasteiger partial charge in [-0.05, 0) is 48.9 Å². The van der Waals surface area contributed by atoms with Crippen molar-refractivity contribution in [2.24, 2.45) is 4.99 Å². The van der Waals surface area contributed by atoms with Crippen LogP contribution in [0.2, 0.25) is 5.02 Å². The van der Waals surface area contributed by atoms with Gasteiger partial charge in [-0.15, -0.1) is 0 Å². The fourth-order valence-electron chi connectivity index (χ4n) is 5.14. The lowest BCUT2D eigenvalue weighted by atomic mass is 9.93. The molecular formula is C33H24ClN3O7S. The van der Waals surface area contributed by atoms with Crippen LogP contribution in [0.15, 0.2) is 105 Å². The average Bonchev–Trinajstić information content (AvgIpc) is 3.64. The molecular weight excluding hydrogens is 618 g/mol. The first kappa shape index (κ1) is 29.8. The summed E-state index contributed by atoms with van der Waals surface area (Å²) in [6.45, 7) is 1.85. The van der Waals surface area contributed by atoms with E-state index in [4.69, 9.17) is 30.5 Å². The van der Waals surface area contributed by atoms with Gasteiger partial charge in [0.25, 0.3) is 11.2 Å². The first-order valence-corrected chi connectivity index (χ1v) is 14.9.